The smallest absolute Gasteiger partial charge is 0.0615 e. The van der Waals surface area contributed by atoms with Crippen LogP contribution in [0.1, 0.15) is 44.1 Å². The van der Waals surface area contributed by atoms with Crippen molar-refractivity contribution in [1.82, 2.24) is 4.90 Å². The average molecular weight is 259 g/mol. The largest absolute Gasteiger partial charge is 0.394 e. The zero-order valence-corrected chi connectivity index (χ0v) is 11.9. The van der Waals surface area contributed by atoms with E-state index in [4.69, 9.17) is 0 Å². The van der Waals surface area contributed by atoms with E-state index in [0.29, 0.717) is 12.5 Å². The Morgan fingerprint density at radius 1 is 1.16 bits per heavy atom. The monoisotopic (exact) mass is 259 g/mol. The lowest BCUT2D eigenvalue weighted by Crippen LogP contribution is -2.61. The van der Waals surface area contributed by atoms with Gasteiger partial charge in [-0.25, -0.2) is 0 Å². The second-order valence-corrected chi connectivity index (χ2v) is 6.58. The fourth-order valence-electron chi connectivity index (χ4n) is 3.68. The third-order valence-corrected chi connectivity index (χ3v) is 5.32. The van der Waals surface area contributed by atoms with Crippen molar-refractivity contribution in [1.29, 1.82) is 0 Å². The van der Waals surface area contributed by atoms with E-state index in [1.807, 2.05) is 0 Å². The van der Waals surface area contributed by atoms with E-state index in [-0.39, 0.29) is 5.54 Å². The van der Waals surface area contributed by atoms with Crippen LogP contribution >= 0.6 is 0 Å². The van der Waals surface area contributed by atoms with Gasteiger partial charge in [0.1, 0.15) is 0 Å². The summed E-state index contributed by atoms with van der Waals surface area (Å²) in [5.41, 5.74) is 1.55. The number of benzene rings is 1. The number of likely N-dealkylation sites (tertiary alicyclic amines) is 1. The van der Waals surface area contributed by atoms with Gasteiger partial charge >= 0.3 is 0 Å². The maximum Gasteiger partial charge on any atom is 0.0615 e. The molecule has 2 fully saturated rings. The highest BCUT2D eigenvalue weighted by molar-refractivity contribution is 5.23. The van der Waals surface area contributed by atoms with Gasteiger partial charge in [-0.3, -0.25) is 4.90 Å². The SMILES string of the molecule is CC1CCC(CO)(N2CC(c3ccccc3)C2)CC1. The minimum atomic E-state index is 0.0950. The summed E-state index contributed by atoms with van der Waals surface area (Å²) in [6, 6.07) is 10.8. The maximum atomic E-state index is 9.88. The number of aliphatic hydroxyl groups is 1. The average Bonchev–Trinajstić information content (AvgIpc) is 2.41. The molecule has 2 nitrogen and oxygen atoms in total. The zero-order valence-electron chi connectivity index (χ0n) is 11.9. The molecule has 1 saturated carbocycles. The maximum absolute atomic E-state index is 9.88. The summed E-state index contributed by atoms with van der Waals surface area (Å²) in [6.07, 6.45) is 4.89. The van der Waals surface area contributed by atoms with E-state index in [9.17, 15) is 5.11 Å². The summed E-state index contributed by atoms with van der Waals surface area (Å²) < 4.78 is 0. The minimum Gasteiger partial charge on any atom is -0.394 e. The number of hydrogen-bond donors (Lipinski definition) is 1. The first-order chi connectivity index (χ1) is 9.23. The van der Waals surface area contributed by atoms with Crippen LogP contribution in [0.2, 0.25) is 0 Å². The van der Waals surface area contributed by atoms with Gasteiger partial charge in [0.05, 0.1) is 6.61 Å². The minimum absolute atomic E-state index is 0.0950. The highest BCUT2D eigenvalue weighted by Gasteiger charge is 2.44. The molecule has 0 aromatic heterocycles. The molecule has 2 aliphatic rings. The van der Waals surface area contributed by atoms with Crippen molar-refractivity contribution in [2.24, 2.45) is 5.92 Å². The number of nitrogens with zero attached hydrogens (tertiary/aromatic N) is 1. The highest BCUT2D eigenvalue weighted by Crippen LogP contribution is 2.41. The van der Waals surface area contributed by atoms with Crippen molar-refractivity contribution in [2.45, 2.75) is 44.1 Å². The molecular formula is C17H25NO. The van der Waals surface area contributed by atoms with Crippen LogP contribution in [-0.4, -0.2) is 35.2 Å². The summed E-state index contributed by atoms with van der Waals surface area (Å²) in [5, 5.41) is 9.88. The quantitative estimate of drug-likeness (QED) is 0.902. The van der Waals surface area contributed by atoms with E-state index >= 15 is 0 Å². The molecule has 1 aliphatic carbocycles. The Morgan fingerprint density at radius 3 is 2.37 bits per heavy atom. The summed E-state index contributed by atoms with van der Waals surface area (Å²) in [6.45, 7) is 4.92. The lowest BCUT2D eigenvalue weighted by Gasteiger charge is -2.54. The topological polar surface area (TPSA) is 23.5 Å². The Kier molecular flexibility index (Phi) is 3.64. The van der Waals surface area contributed by atoms with Crippen molar-refractivity contribution in [3.8, 4) is 0 Å². The van der Waals surface area contributed by atoms with Crippen LogP contribution in [0.25, 0.3) is 0 Å². The molecule has 1 aliphatic heterocycles. The molecule has 0 atom stereocenters. The van der Waals surface area contributed by atoms with Gasteiger partial charge in [-0.1, -0.05) is 37.3 Å². The lowest BCUT2D eigenvalue weighted by atomic mass is 9.73. The molecule has 3 rings (SSSR count). The van der Waals surface area contributed by atoms with Gasteiger partial charge in [-0.15, -0.1) is 0 Å². The predicted molar refractivity (Wildman–Crippen MR) is 78.2 cm³/mol. The summed E-state index contributed by atoms with van der Waals surface area (Å²) in [7, 11) is 0. The van der Waals surface area contributed by atoms with Crippen molar-refractivity contribution in [2.75, 3.05) is 19.7 Å². The molecule has 19 heavy (non-hydrogen) atoms. The third kappa shape index (κ3) is 2.44. The van der Waals surface area contributed by atoms with Crippen molar-refractivity contribution in [3.05, 3.63) is 35.9 Å². The first kappa shape index (κ1) is 13.1. The lowest BCUT2D eigenvalue weighted by molar-refractivity contribution is -0.0539. The molecule has 0 radical (unpaired) electrons. The summed E-state index contributed by atoms with van der Waals surface area (Å²) in [5.74, 6) is 1.51. The molecule has 0 spiro atoms. The van der Waals surface area contributed by atoms with E-state index in [2.05, 4.69) is 42.2 Å². The van der Waals surface area contributed by atoms with Gasteiger partial charge in [0, 0.05) is 24.5 Å². The second-order valence-electron chi connectivity index (χ2n) is 6.58. The Balaban J connectivity index is 1.63. The van der Waals surface area contributed by atoms with Gasteiger partial charge < -0.3 is 5.11 Å². The molecule has 1 heterocycles. The Hall–Kier alpha value is -0.860. The fraction of sp³-hybridized carbons (Fsp3) is 0.647. The third-order valence-electron chi connectivity index (χ3n) is 5.32. The van der Waals surface area contributed by atoms with Gasteiger partial charge in [0.15, 0.2) is 0 Å². The van der Waals surface area contributed by atoms with Crippen molar-refractivity contribution < 1.29 is 5.11 Å². The highest BCUT2D eigenvalue weighted by atomic mass is 16.3. The van der Waals surface area contributed by atoms with Gasteiger partial charge in [-0.05, 0) is 37.2 Å². The van der Waals surface area contributed by atoms with Crippen LogP contribution < -0.4 is 0 Å². The molecule has 1 N–H and O–H groups in total. The van der Waals surface area contributed by atoms with Crippen LogP contribution in [0.5, 0.6) is 0 Å². The second kappa shape index (κ2) is 5.26. The summed E-state index contributed by atoms with van der Waals surface area (Å²) in [4.78, 5) is 2.54. The van der Waals surface area contributed by atoms with E-state index in [0.717, 1.165) is 19.0 Å². The first-order valence-electron chi connectivity index (χ1n) is 7.64. The predicted octanol–water partition coefficient (Wildman–Crippen LogP) is 3.03. The van der Waals surface area contributed by atoms with Crippen molar-refractivity contribution >= 4 is 0 Å². The van der Waals surface area contributed by atoms with Crippen molar-refractivity contribution in [3.63, 3.8) is 0 Å². The van der Waals surface area contributed by atoms with Crippen LogP contribution in [-0.2, 0) is 0 Å². The fourth-order valence-corrected chi connectivity index (χ4v) is 3.68. The molecule has 1 aromatic rings. The molecule has 2 heteroatoms. The number of rotatable bonds is 3. The molecule has 0 bridgehead atoms. The van der Waals surface area contributed by atoms with Gasteiger partial charge in [0.2, 0.25) is 0 Å². The normalized spacial score (nSPS) is 33.1. The standard InChI is InChI=1S/C17H25NO/c1-14-7-9-17(13-19,10-8-14)18-11-16(12-18)15-5-3-2-4-6-15/h2-6,14,16,19H,7-13H2,1H3. The van der Waals surface area contributed by atoms with E-state index < -0.39 is 0 Å². The van der Waals surface area contributed by atoms with Crippen LogP contribution in [0.3, 0.4) is 0 Å². The van der Waals surface area contributed by atoms with Crippen LogP contribution in [0.15, 0.2) is 30.3 Å². The molecule has 1 aromatic carbocycles. The molecule has 104 valence electrons. The van der Waals surface area contributed by atoms with Crippen LogP contribution in [0.4, 0.5) is 0 Å². The Labute approximate surface area is 116 Å². The zero-order chi connectivity index (χ0) is 13.3. The molecule has 1 saturated heterocycles. The number of hydrogen-bond acceptors (Lipinski definition) is 2. The molecular weight excluding hydrogens is 234 g/mol. The van der Waals surface area contributed by atoms with Gasteiger partial charge in [0.25, 0.3) is 0 Å². The van der Waals surface area contributed by atoms with Gasteiger partial charge in [-0.2, -0.15) is 0 Å². The number of aliphatic hydroxyl groups excluding tert-OH is 1. The van der Waals surface area contributed by atoms with Crippen LogP contribution in [0, 0.1) is 5.92 Å². The van der Waals surface area contributed by atoms with E-state index in [1.54, 1.807) is 0 Å². The molecule has 0 unspecified atom stereocenters. The summed E-state index contributed by atoms with van der Waals surface area (Å²) >= 11 is 0. The Bertz CT molecular complexity index is 403. The van der Waals surface area contributed by atoms with E-state index in [1.165, 1.54) is 31.2 Å². The Morgan fingerprint density at radius 2 is 1.79 bits per heavy atom. The molecule has 0 amide bonds. The first-order valence-corrected chi connectivity index (χ1v) is 7.64.